The molecule has 0 aromatic carbocycles. The number of nitrogens with zero attached hydrogens (tertiary/aromatic N) is 8. The molecule has 29 heavy (non-hydrogen) atoms. The lowest BCUT2D eigenvalue weighted by Gasteiger charge is -2.22. The first-order valence-electron chi connectivity index (χ1n) is 9.75. The number of likely N-dealkylation sites (tertiary alicyclic amines) is 1. The van der Waals surface area contributed by atoms with Gasteiger partial charge in [0.15, 0.2) is 22.7 Å². The van der Waals surface area contributed by atoms with Crippen molar-refractivity contribution in [2.75, 3.05) is 38.2 Å². The molecule has 1 amide bonds. The van der Waals surface area contributed by atoms with E-state index in [-0.39, 0.29) is 5.91 Å². The first-order valence-corrected chi connectivity index (χ1v) is 9.75. The monoisotopic (exact) mass is 394 g/mol. The Morgan fingerprint density at radius 2 is 1.90 bits per heavy atom. The fraction of sp³-hybridized carbons (Fsp3) is 0.474. The van der Waals surface area contributed by atoms with E-state index in [1.807, 2.05) is 15.8 Å². The molecule has 2 fully saturated rings. The van der Waals surface area contributed by atoms with Gasteiger partial charge in [0, 0.05) is 50.6 Å². The number of fused-ring (bicyclic) bond motifs is 2. The van der Waals surface area contributed by atoms with E-state index in [4.69, 9.17) is 4.74 Å². The minimum atomic E-state index is -0.0766. The summed E-state index contributed by atoms with van der Waals surface area (Å²) in [6.07, 6.45) is 3.42. The number of imidazole rings is 1. The van der Waals surface area contributed by atoms with Crippen LogP contribution in [0.2, 0.25) is 0 Å². The van der Waals surface area contributed by atoms with Crippen molar-refractivity contribution >= 4 is 22.9 Å². The fourth-order valence-electron chi connectivity index (χ4n) is 4.37. The van der Waals surface area contributed by atoms with Crippen LogP contribution in [0.4, 0.5) is 5.82 Å². The largest absolute Gasteiger partial charge is 0.480 e. The van der Waals surface area contributed by atoms with Gasteiger partial charge in [0.1, 0.15) is 6.33 Å². The molecular formula is C19H22N8O2. The number of rotatable bonds is 4. The summed E-state index contributed by atoms with van der Waals surface area (Å²) in [7, 11) is 1.52. The van der Waals surface area contributed by atoms with Crippen molar-refractivity contribution in [2.45, 2.75) is 13.5 Å². The number of carbonyl (C=O) groups is 1. The number of ether oxygens (including phenoxy) is 1. The van der Waals surface area contributed by atoms with E-state index in [0.29, 0.717) is 36.5 Å². The lowest BCUT2D eigenvalue weighted by molar-refractivity contribution is 0.0775. The highest BCUT2D eigenvalue weighted by molar-refractivity contribution is 5.92. The summed E-state index contributed by atoms with van der Waals surface area (Å²) >= 11 is 0. The third-order valence-electron chi connectivity index (χ3n) is 5.86. The molecule has 2 atom stereocenters. The van der Waals surface area contributed by atoms with Crippen LogP contribution in [0.5, 0.6) is 5.88 Å². The van der Waals surface area contributed by atoms with Crippen LogP contribution in [0.1, 0.15) is 17.4 Å². The first kappa shape index (κ1) is 17.8. The molecule has 10 nitrogen and oxygen atoms in total. The number of aromatic nitrogens is 6. The highest BCUT2D eigenvalue weighted by Gasteiger charge is 2.43. The predicted octanol–water partition coefficient (Wildman–Crippen LogP) is 0.853. The summed E-state index contributed by atoms with van der Waals surface area (Å²) in [5.74, 6) is 2.02. The van der Waals surface area contributed by atoms with Gasteiger partial charge in [-0.1, -0.05) is 0 Å². The summed E-state index contributed by atoms with van der Waals surface area (Å²) in [6, 6.07) is 3.32. The van der Waals surface area contributed by atoms with Crippen molar-refractivity contribution in [1.82, 2.24) is 34.6 Å². The zero-order chi connectivity index (χ0) is 20.0. The lowest BCUT2D eigenvalue weighted by atomic mass is 10.0. The highest BCUT2D eigenvalue weighted by atomic mass is 16.5. The van der Waals surface area contributed by atoms with Crippen molar-refractivity contribution < 1.29 is 9.53 Å². The second-order valence-electron chi connectivity index (χ2n) is 7.50. The molecule has 5 rings (SSSR count). The molecule has 2 aliphatic rings. The molecular weight excluding hydrogens is 372 g/mol. The number of amides is 1. The Hall–Kier alpha value is -3.30. The van der Waals surface area contributed by atoms with E-state index in [2.05, 4.69) is 37.0 Å². The highest BCUT2D eigenvalue weighted by Crippen LogP contribution is 2.35. The zero-order valence-corrected chi connectivity index (χ0v) is 16.4. The van der Waals surface area contributed by atoms with Gasteiger partial charge >= 0.3 is 0 Å². The Kier molecular flexibility index (Phi) is 4.26. The SMILES string of the molecule is CCn1cnc2c(N3CC4CN(C(=O)c5ccc(OC)nn5)CC4C3)ncnc21. The van der Waals surface area contributed by atoms with E-state index < -0.39 is 0 Å². The molecule has 0 spiro atoms. The van der Waals surface area contributed by atoms with Gasteiger partial charge in [0.25, 0.3) is 5.91 Å². The number of hydrogen-bond donors (Lipinski definition) is 0. The number of aryl methyl sites for hydroxylation is 1. The van der Waals surface area contributed by atoms with Gasteiger partial charge in [-0.3, -0.25) is 4.79 Å². The van der Waals surface area contributed by atoms with E-state index in [0.717, 1.165) is 36.6 Å². The molecule has 0 saturated carbocycles. The van der Waals surface area contributed by atoms with Crippen LogP contribution in [-0.2, 0) is 6.54 Å². The standard InChI is InChI=1S/C19H22N8O2/c1-3-25-11-22-16-17(25)20-10-21-18(16)26-6-12-8-27(9-13(12)7-26)19(28)14-4-5-15(29-2)24-23-14/h4-5,10-13H,3,6-9H2,1-2H3. The Labute approximate surface area is 167 Å². The maximum atomic E-state index is 12.8. The van der Waals surface area contributed by atoms with E-state index in [1.165, 1.54) is 7.11 Å². The van der Waals surface area contributed by atoms with Crippen LogP contribution < -0.4 is 9.64 Å². The second-order valence-corrected chi connectivity index (χ2v) is 7.50. The molecule has 150 valence electrons. The van der Waals surface area contributed by atoms with Crippen molar-refractivity contribution in [2.24, 2.45) is 11.8 Å². The molecule has 2 aliphatic heterocycles. The lowest BCUT2D eigenvalue weighted by Crippen LogP contribution is -2.34. The third kappa shape index (κ3) is 2.95. The molecule has 10 heteroatoms. The summed E-state index contributed by atoms with van der Waals surface area (Å²) in [6.45, 7) is 6.03. The summed E-state index contributed by atoms with van der Waals surface area (Å²) in [5, 5.41) is 7.89. The van der Waals surface area contributed by atoms with Crippen molar-refractivity contribution in [3.63, 3.8) is 0 Å². The van der Waals surface area contributed by atoms with Gasteiger partial charge in [0.2, 0.25) is 5.88 Å². The van der Waals surface area contributed by atoms with Gasteiger partial charge in [0.05, 0.1) is 13.4 Å². The molecule has 0 radical (unpaired) electrons. The van der Waals surface area contributed by atoms with E-state index in [1.54, 1.807) is 18.5 Å². The molecule has 0 aliphatic carbocycles. The van der Waals surface area contributed by atoms with Crippen molar-refractivity contribution in [3.8, 4) is 5.88 Å². The second kappa shape index (κ2) is 6.94. The Morgan fingerprint density at radius 3 is 2.55 bits per heavy atom. The third-order valence-corrected chi connectivity index (χ3v) is 5.86. The van der Waals surface area contributed by atoms with Gasteiger partial charge in [-0.2, -0.15) is 0 Å². The van der Waals surface area contributed by atoms with Gasteiger partial charge < -0.3 is 19.1 Å². The number of methoxy groups -OCH3 is 1. The van der Waals surface area contributed by atoms with Crippen LogP contribution in [-0.4, -0.2) is 73.8 Å². The number of anilines is 1. The molecule has 2 unspecified atom stereocenters. The summed E-state index contributed by atoms with van der Waals surface area (Å²) < 4.78 is 7.03. The smallest absolute Gasteiger partial charge is 0.274 e. The molecule has 2 saturated heterocycles. The maximum absolute atomic E-state index is 12.8. The van der Waals surface area contributed by atoms with Gasteiger partial charge in [-0.05, 0) is 13.0 Å². The average Bonchev–Trinajstić information content (AvgIpc) is 3.45. The number of hydrogen-bond acceptors (Lipinski definition) is 8. The maximum Gasteiger partial charge on any atom is 0.274 e. The minimum Gasteiger partial charge on any atom is -0.480 e. The molecule has 3 aromatic rings. The molecule has 5 heterocycles. The zero-order valence-electron chi connectivity index (χ0n) is 16.4. The van der Waals surface area contributed by atoms with E-state index in [9.17, 15) is 4.79 Å². The van der Waals surface area contributed by atoms with Crippen LogP contribution >= 0.6 is 0 Å². The Morgan fingerprint density at radius 1 is 1.10 bits per heavy atom. The van der Waals surface area contributed by atoms with E-state index >= 15 is 0 Å². The Bertz CT molecular complexity index is 1040. The van der Waals surface area contributed by atoms with Crippen molar-refractivity contribution in [1.29, 1.82) is 0 Å². The number of carbonyl (C=O) groups excluding carboxylic acids is 1. The molecule has 0 bridgehead atoms. The first-order chi connectivity index (χ1) is 14.2. The average molecular weight is 394 g/mol. The Balaban J connectivity index is 1.30. The normalized spacial score (nSPS) is 21.0. The van der Waals surface area contributed by atoms with Gasteiger partial charge in [-0.15, -0.1) is 10.2 Å². The predicted molar refractivity (Wildman–Crippen MR) is 105 cm³/mol. The van der Waals surface area contributed by atoms with Crippen LogP contribution in [0.25, 0.3) is 11.2 Å². The summed E-state index contributed by atoms with van der Waals surface area (Å²) in [4.78, 5) is 30.4. The molecule has 0 N–H and O–H groups in total. The van der Waals surface area contributed by atoms with Crippen molar-refractivity contribution in [3.05, 3.63) is 30.5 Å². The fourth-order valence-corrected chi connectivity index (χ4v) is 4.37. The van der Waals surface area contributed by atoms with Gasteiger partial charge in [-0.25, -0.2) is 15.0 Å². The van der Waals surface area contributed by atoms with Crippen LogP contribution in [0, 0.1) is 11.8 Å². The summed E-state index contributed by atoms with van der Waals surface area (Å²) in [5.41, 5.74) is 2.06. The molecule has 3 aromatic heterocycles. The van der Waals surface area contributed by atoms with Crippen LogP contribution in [0.3, 0.4) is 0 Å². The van der Waals surface area contributed by atoms with Crippen LogP contribution in [0.15, 0.2) is 24.8 Å². The topological polar surface area (TPSA) is 102 Å². The minimum absolute atomic E-state index is 0.0766. The quantitative estimate of drug-likeness (QED) is 0.642.